The van der Waals surface area contributed by atoms with E-state index in [4.69, 9.17) is 14.2 Å². The molecule has 0 N–H and O–H groups in total. The van der Waals surface area contributed by atoms with Crippen LogP contribution in [0.3, 0.4) is 0 Å². The second-order valence-corrected chi connectivity index (χ2v) is 18.1. The van der Waals surface area contributed by atoms with Gasteiger partial charge in [-0.2, -0.15) is 0 Å². The molecule has 0 heterocycles. The molecule has 0 aromatic carbocycles. The first-order valence-corrected chi connectivity index (χ1v) is 26.9. The molecule has 5 nitrogen and oxygen atoms in total. The van der Waals surface area contributed by atoms with Crippen molar-refractivity contribution in [2.24, 2.45) is 0 Å². The lowest BCUT2D eigenvalue weighted by molar-refractivity contribution is -0.163. The highest BCUT2D eigenvalue weighted by atomic mass is 16.6. The number of ether oxygens (including phenoxy) is 3. The van der Waals surface area contributed by atoms with E-state index in [-0.39, 0.29) is 25.2 Å². The van der Waals surface area contributed by atoms with E-state index < -0.39 is 6.10 Å². The van der Waals surface area contributed by atoms with Gasteiger partial charge in [-0.05, 0) is 70.6 Å². The molecular formula is C55H104O5. The zero-order chi connectivity index (χ0) is 43.5. The Bertz CT molecular complexity index is 913. The standard InChI is InChI=1S/C55H104O5/c1-4-7-10-13-16-19-22-25-27-29-32-35-38-41-44-47-50-58-51-53(60-55(57)49-46-43-40-37-34-30-24-21-18-15-12-9-6-3)52-59-54(56)48-45-42-39-36-33-31-28-26-23-20-17-14-11-8-5-2/h25-28,53H,4-24,29-52H2,1-3H3/b27-25-,28-26-. The van der Waals surface area contributed by atoms with Crippen molar-refractivity contribution in [3.63, 3.8) is 0 Å². The fraction of sp³-hybridized carbons (Fsp3) is 0.891. The summed E-state index contributed by atoms with van der Waals surface area (Å²) in [6.07, 6.45) is 60.4. The van der Waals surface area contributed by atoms with Gasteiger partial charge in [0.15, 0.2) is 6.10 Å². The summed E-state index contributed by atoms with van der Waals surface area (Å²) in [4.78, 5) is 25.4. The van der Waals surface area contributed by atoms with Gasteiger partial charge in [-0.25, -0.2) is 0 Å². The number of carbonyl (C=O) groups is 2. The molecule has 0 aliphatic carbocycles. The van der Waals surface area contributed by atoms with Gasteiger partial charge in [-0.3, -0.25) is 9.59 Å². The van der Waals surface area contributed by atoms with Crippen LogP contribution in [0.25, 0.3) is 0 Å². The molecule has 0 bridgehead atoms. The maximum Gasteiger partial charge on any atom is 0.306 e. The fourth-order valence-electron chi connectivity index (χ4n) is 7.91. The molecule has 0 aliphatic rings. The summed E-state index contributed by atoms with van der Waals surface area (Å²) < 4.78 is 17.4. The van der Waals surface area contributed by atoms with E-state index in [1.165, 1.54) is 205 Å². The zero-order valence-corrected chi connectivity index (χ0v) is 40.7. The summed E-state index contributed by atoms with van der Waals surface area (Å²) in [5.74, 6) is -0.393. The molecule has 60 heavy (non-hydrogen) atoms. The molecule has 0 saturated heterocycles. The highest BCUT2D eigenvalue weighted by Crippen LogP contribution is 2.15. The Labute approximate surface area is 375 Å². The van der Waals surface area contributed by atoms with E-state index in [0.717, 1.165) is 51.4 Å². The predicted octanol–water partition coefficient (Wildman–Crippen LogP) is 18.0. The quantitative estimate of drug-likeness (QED) is 0.0347. The first kappa shape index (κ1) is 58.4. The zero-order valence-electron chi connectivity index (χ0n) is 40.7. The number of carbonyl (C=O) groups excluding carboxylic acids is 2. The Balaban J connectivity index is 4.24. The molecular weight excluding hydrogens is 741 g/mol. The minimum atomic E-state index is -0.536. The summed E-state index contributed by atoms with van der Waals surface area (Å²) in [6.45, 7) is 7.85. The monoisotopic (exact) mass is 845 g/mol. The van der Waals surface area contributed by atoms with Gasteiger partial charge >= 0.3 is 11.9 Å². The maximum atomic E-state index is 12.8. The number of hydrogen-bond acceptors (Lipinski definition) is 5. The first-order chi connectivity index (χ1) is 29.6. The van der Waals surface area contributed by atoms with Crippen molar-refractivity contribution < 1.29 is 23.8 Å². The normalized spacial score (nSPS) is 12.2. The van der Waals surface area contributed by atoms with Crippen LogP contribution in [0.5, 0.6) is 0 Å². The highest BCUT2D eigenvalue weighted by molar-refractivity contribution is 5.70. The Morgan fingerprint density at radius 3 is 1.02 bits per heavy atom. The Morgan fingerprint density at radius 2 is 0.650 bits per heavy atom. The van der Waals surface area contributed by atoms with Crippen LogP contribution in [0, 0.1) is 0 Å². The van der Waals surface area contributed by atoms with E-state index in [9.17, 15) is 9.59 Å². The molecule has 0 saturated carbocycles. The predicted molar refractivity (Wildman–Crippen MR) is 261 cm³/mol. The van der Waals surface area contributed by atoms with Crippen molar-refractivity contribution in [2.75, 3.05) is 19.8 Å². The van der Waals surface area contributed by atoms with Gasteiger partial charge < -0.3 is 14.2 Å². The Morgan fingerprint density at radius 1 is 0.350 bits per heavy atom. The van der Waals surface area contributed by atoms with Gasteiger partial charge in [-0.1, -0.05) is 231 Å². The molecule has 0 spiro atoms. The maximum absolute atomic E-state index is 12.8. The molecule has 0 rings (SSSR count). The van der Waals surface area contributed by atoms with E-state index >= 15 is 0 Å². The van der Waals surface area contributed by atoms with Crippen molar-refractivity contribution in [3.8, 4) is 0 Å². The lowest BCUT2D eigenvalue weighted by Crippen LogP contribution is -2.30. The third-order valence-corrected chi connectivity index (χ3v) is 12.0. The molecule has 0 aromatic rings. The third-order valence-electron chi connectivity index (χ3n) is 12.0. The number of allylic oxidation sites excluding steroid dienone is 4. The molecule has 0 amide bonds. The summed E-state index contributed by atoms with van der Waals surface area (Å²) >= 11 is 0. The topological polar surface area (TPSA) is 61.8 Å². The van der Waals surface area contributed by atoms with Crippen molar-refractivity contribution in [1.29, 1.82) is 0 Å². The van der Waals surface area contributed by atoms with E-state index in [1.54, 1.807) is 0 Å². The lowest BCUT2D eigenvalue weighted by atomic mass is 10.0. The average Bonchev–Trinajstić information content (AvgIpc) is 3.25. The summed E-state index contributed by atoms with van der Waals surface area (Å²) in [6, 6.07) is 0. The van der Waals surface area contributed by atoms with Crippen LogP contribution in [0.15, 0.2) is 24.3 Å². The van der Waals surface area contributed by atoms with Gasteiger partial charge in [-0.15, -0.1) is 0 Å². The number of esters is 2. The van der Waals surface area contributed by atoms with E-state index in [1.807, 2.05) is 0 Å². The van der Waals surface area contributed by atoms with E-state index in [2.05, 4.69) is 45.1 Å². The van der Waals surface area contributed by atoms with Gasteiger partial charge in [0.1, 0.15) is 6.61 Å². The van der Waals surface area contributed by atoms with Gasteiger partial charge in [0.05, 0.1) is 6.61 Å². The molecule has 1 unspecified atom stereocenters. The molecule has 0 radical (unpaired) electrons. The SMILES string of the molecule is CCCCCCCC/C=C\CCCCCCCCOCC(COC(=O)CCCCCCC/C=C\CCCCCCCC)OC(=O)CCCCCCCCCCCCCCC. The second-order valence-electron chi connectivity index (χ2n) is 18.1. The summed E-state index contributed by atoms with van der Waals surface area (Å²) in [7, 11) is 0. The van der Waals surface area contributed by atoms with E-state index in [0.29, 0.717) is 19.4 Å². The van der Waals surface area contributed by atoms with Crippen molar-refractivity contribution in [2.45, 2.75) is 297 Å². The van der Waals surface area contributed by atoms with Crippen LogP contribution in [-0.2, 0) is 23.8 Å². The number of rotatable bonds is 50. The van der Waals surface area contributed by atoms with Crippen LogP contribution in [0.2, 0.25) is 0 Å². The van der Waals surface area contributed by atoms with Crippen LogP contribution in [0.1, 0.15) is 290 Å². The number of hydrogen-bond donors (Lipinski definition) is 0. The van der Waals surface area contributed by atoms with Crippen LogP contribution in [0.4, 0.5) is 0 Å². The van der Waals surface area contributed by atoms with Crippen LogP contribution in [-0.4, -0.2) is 37.9 Å². The molecule has 0 aromatic heterocycles. The van der Waals surface area contributed by atoms with Gasteiger partial charge in [0.25, 0.3) is 0 Å². The van der Waals surface area contributed by atoms with Crippen molar-refractivity contribution >= 4 is 11.9 Å². The fourth-order valence-corrected chi connectivity index (χ4v) is 7.91. The van der Waals surface area contributed by atoms with Gasteiger partial charge in [0, 0.05) is 19.4 Å². The minimum absolute atomic E-state index is 0.0850. The Kier molecular flexibility index (Phi) is 50.3. The van der Waals surface area contributed by atoms with Crippen LogP contribution < -0.4 is 0 Å². The average molecular weight is 845 g/mol. The molecule has 5 heteroatoms. The smallest absolute Gasteiger partial charge is 0.306 e. The largest absolute Gasteiger partial charge is 0.462 e. The number of unbranched alkanes of at least 4 members (excludes halogenated alkanes) is 35. The third kappa shape index (κ3) is 49.0. The first-order valence-electron chi connectivity index (χ1n) is 26.9. The highest BCUT2D eigenvalue weighted by Gasteiger charge is 2.17. The summed E-state index contributed by atoms with van der Waals surface area (Å²) in [5, 5.41) is 0. The van der Waals surface area contributed by atoms with Crippen molar-refractivity contribution in [1.82, 2.24) is 0 Å². The molecule has 1 atom stereocenters. The van der Waals surface area contributed by atoms with Crippen LogP contribution >= 0.6 is 0 Å². The second kappa shape index (κ2) is 51.7. The molecule has 0 aliphatic heterocycles. The molecule has 354 valence electrons. The minimum Gasteiger partial charge on any atom is -0.462 e. The molecule has 0 fully saturated rings. The lowest BCUT2D eigenvalue weighted by Gasteiger charge is -2.18. The van der Waals surface area contributed by atoms with Gasteiger partial charge in [0.2, 0.25) is 0 Å². The van der Waals surface area contributed by atoms with Crippen molar-refractivity contribution in [3.05, 3.63) is 24.3 Å². The Hall–Kier alpha value is -1.62. The summed E-state index contributed by atoms with van der Waals surface area (Å²) in [5.41, 5.74) is 0.